The van der Waals surface area contributed by atoms with Gasteiger partial charge in [0.1, 0.15) is 5.75 Å². The molecule has 4 aliphatic heterocycles. The lowest BCUT2D eigenvalue weighted by atomic mass is 9.85. The number of benzene rings is 2. The van der Waals surface area contributed by atoms with E-state index in [1.165, 1.54) is 14.0 Å². The van der Waals surface area contributed by atoms with Gasteiger partial charge in [-0.05, 0) is 6.07 Å². The largest absolute Gasteiger partial charge is 0.496 e. The number of carbonyl (C=O) groups is 1. The van der Waals surface area contributed by atoms with Crippen LogP contribution < -0.4 is 33.2 Å². The van der Waals surface area contributed by atoms with Crippen molar-refractivity contribution in [3.05, 3.63) is 29.8 Å². The highest BCUT2D eigenvalue weighted by Gasteiger charge is 2.64. The molecule has 0 unspecified atom stereocenters. The third-order valence-corrected chi connectivity index (χ3v) is 6.57. The molecule has 2 aromatic carbocycles. The van der Waals surface area contributed by atoms with Crippen LogP contribution in [0.25, 0.3) is 0 Å². The molecule has 0 aromatic heterocycles. The number of fused-ring (bicyclic) bond motifs is 3. The number of hydrogen-bond donors (Lipinski definition) is 0. The van der Waals surface area contributed by atoms with Crippen molar-refractivity contribution in [2.24, 2.45) is 5.92 Å². The van der Waals surface area contributed by atoms with Crippen LogP contribution in [0, 0.1) is 5.92 Å². The fourth-order valence-corrected chi connectivity index (χ4v) is 4.97. The molecule has 0 aliphatic carbocycles. The molecule has 4 atom stereocenters. The van der Waals surface area contributed by atoms with Crippen molar-refractivity contribution in [3.8, 4) is 40.2 Å². The first-order valence-corrected chi connectivity index (χ1v) is 11.1. The summed E-state index contributed by atoms with van der Waals surface area (Å²) in [6.07, 6.45) is -1.47. The van der Waals surface area contributed by atoms with Crippen molar-refractivity contribution >= 4 is 5.97 Å². The summed E-state index contributed by atoms with van der Waals surface area (Å²) < 4.78 is 57.4. The Morgan fingerprint density at radius 2 is 1.46 bits per heavy atom. The molecular weight excluding hydrogens is 464 g/mol. The van der Waals surface area contributed by atoms with Gasteiger partial charge in [0.15, 0.2) is 34.5 Å². The summed E-state index contributed by atoms with van der Waals surface area (Å²) in [4.78, 5) is 12.2. The number of methoxy groups -OCH3 is 2. The second kappa shape index (κ2) is 8.28. The first-order chi connectivity index (χ1) is 17.0. The van der Waals surface area contributed by atoms with Gasteiger partial charge in [0, 0.05) is 30.7 Å². The van der Waals surface area contributed by atoms with Gasteiger partial charge in [0.2, 0.25) is 25.5 Å². The van der Waals surface area contributed by atoms with Crippen LogP contribution in [0.5, 0.6) is 40.2 Å². The molecule has 186 valence electrons. The summed E-state index contributed by atoms with van der Waals surface area (Å²) in [5.74, 6) is 2.74. The number of carbonyl (C=O) groups excluding carboxylic acids is 1. The lowest BCUT2D eigenvalue weighted by Gasteiger charge is -2.32. The SMILES string of the molecule is COc1cc2c(cc1O[C@H]1OC[C@H]3[C@H](c4cc5c(cc4OC)OCO5)OC[C@@]13OC(C)=O)OCO2. The minimum atomic E-state index is -1.21. The summed E-state index contributed by atoms with van der Waals surface area (Å²) in [7, 11) is 3.09. The van der Waals surface area contributed by atoms with E-state index in [4.69, 9.17) is 47.4 Å². The lowest BCUT2D eigenvalue weighted by Crippen LogP contribution is -2.50. The van der Waals surface area contributed by atoms with Crippen LogP contribution in [0.3, 0.4) is 0 Å². The highest BCUT2D eigenvalue weighted by molar-refractivity contribution is 5.67. The van der Waals surface area contributed by atoms with E-state index in [0.717, 1.165) is 5.56 Å². The molecule has 4 aliphatic rings. The molecule has 0 N–H and O–H groups in total. The fourth-order valence-electron chi connectivity index (χ4n) is 4.97. The highest BCUT2D eigenvalue weighted by Crippen LogP contribution is 2.54. The van der Waals surface area contributed by atoms with Crippen molar-refractivity contribution in [2.75, 3.05) is 41.0 Å². The monoisotopic (exact) mass is 488 g/mol. The molecule has 0 spiro atoms. The maximum atomic E-state index is 12.2. The van der Waals surface area contributed by atoms with E-state index in [9.17, 15) is 4.79 Å². The Bertz CT molecular complexity index is 1160. The Kier molecular flexibility index (Phi) is 5.19. The summed E-state index contributed by atoms with van der Waals surface area (Å²) in [5, 5.41) is 0. The van der Waals surface area contributed by atoms with Crippen molar-refractivity contribution in [2.45, 2.75) is 24.9 Å². The summed E-state index contributed by atoms with van der Waals surface area (Å²) in [6.45, 7) is 1.85. The van der Waals surface area contributed by atoms with Crippen LogP contribution in [-0.4, -0.2) is 58.9 Å². The van der Waals surface area contributed by atoms with E-state index in [-0.39, 0.29) is 32.7 Å². The van der Waals surface area contributed by atoms with Crippen LogP contribution in [0.4, 0.5) is 0 Å². The Morgan fingerprint density at radius 1 is 0.857 bits per heavy atom. The molecule has 0 saturated carbocycles. The Morgan fingerprint density at radius 3 is 2.09 bits per heavy atom. The topological polar surface area (TPSA) is 109 Å². The third-order valence-electron chi connectivity index (χ3n) is 6.57. The zero-order chi connectivity index (χ0) is 24.2. The van der Waals surface area contributed by atoms with Gasteiger partial charge in [-0.15, -0.1) is 0 Å². The Balaban J connectivity index is 1.34. The number of ether oxygens (including phenoxy) is 10. The van der Waals surface area contributed by atoms with Gasteiger partial charge in [-0.3, -0.25) is 4.79 Å². The summed E-state index contributed by atoms with van der Waals surface area (Å²) >= 11 is 0. The molecule has 11 nitrogen and oxygen atoms in total. The van der Waals surface area contributed by atoms with Gasteiger partial charge < -0.3 is 47.4 Å². The van der Waals surface area contributed by atoms with Gasteiger partial charge in [-0.1, -0.05) is 0 Å². The van der Waals surface area contributed by atoms with Gasteiger partial charge in [0.05, 0.1) is 39.5 Å². The molecule has 2 aromatic rings. The molecule has 2 fully saturated rings. The summed E-state index contributed by atoms with van der Waals surface area (Å²) in [6, 6.07) is 6.92. The number of rotatable bonds is 6. The average molecular weight is 488 g/mol. The molecule has 6 rings (SSSR count). The van der Waals surface area contributed by atoms with E-state index in [0.29, 0.717) is 40.2 Å². The maximum Gasteiger partial charge on any atom is 0.303 e. The van der Waals surface area contributed by atoms with Crippen LogP contribution >= 0.6 is 0 Å². The van der Waals surface area contributed by atoms with E-state index >= 15 is 0 Å². The minimum absolute atomic E-state index is 0.0526. The van der Waals surface area contributed by atoms with Gasteiger partial charge in [-0.2, -0.15) is 0 Å². The fraction of sp³-hybridized carbons (Fsp3) is 0.458. The second-order valence-electron chi connectivity index (χ2n) is 8.47. The third kappa shape index (κ3) is 3.45. The zero-order valence-corrected chi connectivity index (χ0v) is 19.4. The minimum Gasteiger partial charge on any atom is -0.496 e. The van der Waals surface area contributed by atoms with Crippen molar-refractivity contribution < 1.29 is 52.2 Å². The first kappa shape index (κ1) is 21.9. The van der Waals surface area contributed by atoms with Crippen LogP contribution in [0.1, 0.15) is 18.6 Å². The quantitative estimate of drug-likeness (QED) is 0.560. The number of hydrogen-bond acceptors (Lipinski definition) is 11. The zero-order valence-electron chi connectivity index (χ0n) is 19.4. The van der Waals surface area contributed by atoms with Gasteiger partial charge >= 0.3 is 5.97 Å². The smallest absolute Gasteiger partial charge is 0.303 e. The van der Waals surface area contributed by atoms with E-state index in [2.05, 4.69) is 0 Å². The van der Waals surface area contributed by atoms with Crippen LogP contribution in [0.15, 0.2) is 24.3 Å². The lowest BCUT2D eigenvalue weighted by molar-refractivity contribution is -0.191. The van der Waals surface area contributed by atoms with Crippen LogP contribution in [0.2, 0.25) is 0 Å². The standard InChI is InChI=1S/C24H24O11/c1-12(25)35-24-9-29-22(13-4-17-18(31-10-30-17)5-15(13)26-2)14(24)8-28-23(24)34-21-7-20-19(32-11-33-20)6-16(21)27-3/h4-7,14,22-23H,8-11H2,1-3H3/t14-,22-,23+,24-/m0/s1. The predicted molar refractivity (Wildman–Crippen MR) is 115 cm³/mol. The average Bonchev–Trinajstić information content (AvgIpc) is 3.62. The Labute approximate surface area is 200 Å². The maximum absolute atomic E-state index is 12.2. The molecule has 2 saturated heterocycles. The van der Waals surface area contributed by atoms with Crippen molar-refractivity contribution in [3.63, 3.8) is 0 Å². The Hall–Kier alpha value is -3.57. The molecule has 35 heavy (non-hydrogen) atoms. The van der Waals surface area contributed by atoms with Crippen molar-refractivity contribution in [1.82, 2.24) is 0 Å². The molecule has 0 radical (unpaired) electrons. The number of esters is 1. The van der Waals surface area contributed by atoms with E-state index in [1.807, 2.05) is 6.07 Å². The van der Waals surface area contributed by atoms with Gasteiger partial charge in [0.25, 0.3) is 0 Å². The normalized spacial score (nSPS) is 27.5. The predicted octanol–water partition coefficient (Wildman–Crippen LogP) is 2.59. The molecule has 4 heterocycles. The molecule has 0 bridgehead atoms. The first-order valence-electron chi connectivity index (χ1n) is 11.1. The molecule has 0 amide bonds. The van der Waals surface area contributed by atoms with E-state index < -0.39 is 24.0 Å². The second-order valence-corrected chi connectivity index (χ2v) is 8.47. The molecule has 11 heteroatoms. The van der Waals surface area contributed by atoms with Gasteiger partial charge in [-0.25, -0.2) is 0 Å². The van der Waals surface area contributed by atoms with E-state index in [1.54, 1.807) is 25.3 Å². The molecular formula is C24H24O11. The van der Waals surface area contributed by atoms with Crippen LogP contribution in [-0.2, 0) is 19.0 Å². The van der Waals surface area contributed by atoms with Crippen molar-refractivity contribution in [1.29, 1.82) is 0 Å². The highest BCUT2D eigenvalue weighted by atomic mass is 16.7. The summed E-state index contributed by atoms with van der Waals surface area (Å²) in [5.41, 5.74) is -0.472.